The van der Waals surface area contributed by atoms with Gasteiger partial charge >= 0.3 is 0 Å². The van der Waals surface area contributed by atoms with E-state index in [2.05, 4.69) is 30.4 Å². The lowest BCUT2D eigenvalue weighted by Crippen LogP contribution is -2.43. The first-order valence-corrected chi connectivity index (χ1v) is 10.2. The number of amides is 1. The number of hydrogen-bond donors (Lipinski definition) is 1. The Kier molecular flexibility index (Phi) is 5.84. The molecule has 0 aromatic heterocycles. The van der Waals surface area contributed by atoms with Crippen LogP contribution in [0.5, 0.6) is 5.75 Å². The number of anilines is 2. The molecule has 0 unspecified atom stereocenters. The molecule has 0 saturated heterocycles. The van der Waals surface area contributed by atoms with Gasteiger partial charge in [-0.1, -0.05) is 48.5 Å². The van der Waals surface area contributed by atoms with E-state index in [1.54, 1.807) is 13.2 Å². The number of fused-ring (bicyclic) bond motifs is 1. The van der Waals surface area contributed by atoms with Gasteiger partial charge in [-0.25, -0.2) is 0 Å². The van der Waals surface area contributed by atoms with Gasteiger partial charge in [0.05, 0.1) is 13.2 Å². The van der Waals surface area contributed by atoms with Crippen LogP contribution in [0.4, 0.5) is 11.4 Å². The second-order valence-electron chi connectivity index (χ2n) is 7.52. The number of nitrogens with one attached hydrogen (secondary N) is 1. The Labute approximate surface area is 177 Å². The Morgan fingerprint density at radius 3 is 2.43 bits per heavy atom. The summed E-state index contributed by atoms with van der Waals surface area (Å²) in [5.74, 6) is 0.790. The molecular formula is C26H26N2O2. The van der Waals surface area contributed by atoms with Crippen molar-refractivity contribution in [2.24, 2.45) is 0 Å². The topological polar surface area (TPSA) is 41.6 Å². The lowest BCUT2D eigenvalue weighted by molar-refractivity contribution is -0.114. The van der Waals surface area contributed by atoms with Crippen molar-refractivity contribution in [1.29, 1.82) is 0 Å². The highest BCUT2D eigenvalue weighted by atomic mass is 16.5. The molecule has 0 spiro atoms. The molecule has 0 saturated carbocycles. The number of methoxy groups -OCH3 is 1. The highest BCUT2D eigenvalue weighted by molar-refractivity contribution is 6.05. The molecule has 152 valence electrons. The first-order chi connectivity index (χ1) is 14.7. The fraction of sp³-hybridized carbons (Fsp3) is 0.192. The van der Waals surface area contributed by atoms with E-state index in [0.29, 0.717) is 0 Å². The smallest absolute Gasteiger partial charge is 0.251 e. The fourth-order valence-corrected chi connectivity index (χ4v) is 3.98. The maximum absolute atomic E-state index is 13.1. The molecule has 4 heteroatoms. The van der Waals surface area contributed by atoms with Gasteiger partial charge < -0.3 is 15.0 Å². The molecule has 30 heavy (non-hydrogen) atoms. The zero-order valence-electron chi connectivity index (χ0n) is 17.3. The molecule has 3 aromatic carbocycles. The molecule has 1 amide bonds. The van der Waals surface area contributed by atoms with Crippen molar-refractivity contribution in [2.75, 3.05) is 17.3 Å². The van der Waals surface area contributed by atoms with E-state index in [9.17, 15) is 4.79 Å². The normalized spacial score (nSPS) is 18.1. The number of para-hydroxylation sites is 2. The van der Waals surface area contributed by atoms with Gasteiger partial charge in [-0.2, -0.15) is 0 Å². The van der Waals surface area contributed by atoms with Crippen LogP contribution >= 0.6 is 0 Å². The van der Waals surface area contributed by atoms with Gasteiger partial charge in [-0.05, 0) is 60.9 Å². The summed E-state index contributed by atoms with van der Waals surface area (Å²) in [6, 6.07) is 26.3. The van der Waals surface area contributed by atoms with Crippen LogP contribution in [0.25, 0.3) is 6.08 Å². The number of rotatable bonds is 5. The Balaban J connectivity index is 1.57. The molecule has 0 aliphatic carbocycles. The second-order valence-corrected chi connectivity index (χ2v) is 7.52. The van der Waals surface area contributed by atoms with Crippen LogP contribution in [0.3, 0.4) is 0 Å². The molecule has 2 atom stereocenters. The molecular weight excluding hydrogens is 372 g/mol. The molecule has 1 aliphatic rings. The van der Waals surface area contributed by atoms with E-state index in [0.717, 1.165) is 34.7 Å². The van der Waals surface area contributed by atoms with Gasteiger partial charge in [0, 0.05) is 23.5 Å². The van der Waals surface area contributed by atoms with Crippen molar-refractivity contribution in [3.63, 3.8) is 0 Å². The standard InChI is InChI=1S/C26H26N2O2/c1-19-18-24(27-21-8-4-3-5-9-21)23-10-6-7-11-25(23)28(19)26(29)17-14-20-12-15-22(30-2)16-13-20/h3-17,19,24,27H,18H2,1-2H3/b17-14-/t19-,24+/m1/s1. The number of carbonyl (C=O) groups excluding carboxylic acids is 1. The number of benzene rings is 3. The monoisotopic (exact) mass is 398 g/mol. The van der Waals surface area contributed by atoms with Crippen molar-refractivity contribution in [3.8, 4) is 5.75 Å². The molecule has 1 N–H and O–H groups in total. The number of ether oxygens (including phenoxy) is 1. The fourth-order valence-electron chi connectivity index (χ4n) is 3.98. The molecule has 1 heterocycles. The summed E-state index contributed by atoms with van der Waals surface area (Å²) in [6.45, 7) is 2.11. The van der Waals surface area contributed by atoms with Gasteiger partial charge in [-0.3, -0.25) is 4.79 Å². The van der Waals surface area contributed by atoms with Crippen LogP contribution < -0.4 is 15.0 Å². The van der Waals surface area contributed by atoms with E-state index >= 15 is 0 Å². The highest BCUT2D eigenvalue weighted by Gasteiger charge is 2.32. The average molecular weight is 399 g/mol. The quantitative estimate of drug-likeness (QED) is 0.562. The molecule has 4 rings (SSSR count). The van der Waals surface area contributed by atoms with Crippen LogP contribution in [0.1, 0.15) is 30.5 Å². The van der Waals surface area contributed by atoms with E-state index in [-0.39, 0.29) is 18.0 Å². The molecule has 3 aromatic rings. The van der Waals surface area contributed by atoms with Gasteiger partial charge in [0.2, 0.25) is 0 Å². The van der Waals surface area contributed by atoms with E-state index in [1.165, 1.54) is 0 Å². The summed E-state index contributed by atoms with van der Waals surface area (Å²) >= 11 is 0. The van der Waals surface area contributed by atoms with Gasteiger partial charge in [0.25, 0.3) is 5.91 Å². The maximum Gasteiger partial charge on any atom is 0.251 e. The third kappa shape index (κ3) is 4.23. The third-order valence-corrected chi connectivity index (χ3v) is 5.48. The van der Waals surface area contributed by atoms with E-state index < -0.39 is 0 Å². The third-order valence-electron chi connectivity index (χ3n) is 5.48. The number of hydrogen-bond acceptors (Lipinski definition) is 3. The number of carbonyl (C=O) groups is 1. The van der Waals surface area contributed by atoms with Crippen molar-refractivity contribution < 1.29 is 9.53 Å². The lowest BCUT2D eigenvalue weighted by atomic mass is 9.91. The van der Waals surface area contributed by atoms with Crippen LogP contribution in [-0.4, -0.2) is 19.1 Å². The van der Waals surface area contributed by atoms with Crippen LogP contribution in [-0.2, 0) is 4.79 Å². The van der Waals surface area contributed by atoms with E-state index in [1.807, 2.05) is 71.6 Å². The SMILES string of the molecule is COc1ccc(/C=C\C(=O)N2c3ccccc3[C@@H](Nc3ccccc3)C[C@H]2C)cc1. The summed E-state index contributed by atoms with van der Waals surface area (Å²) in [5, 5.41) is 3.63. The van der Waals surface area contributed by atoms with Crippen molar-refractivity contribution in [2.45, 2.75) is 25.4 Å². The number of nitrogens with zero attached hydrogens (tertiary/aromatic N) is 1. The molecule has 0 bridgehead atoms. The minimum atomic E-state index is -0.0103. The Morgan fingerprint density at radius 2 is 1.70 bits per heavy atom. The van der Waals surface area contributed by atoms with Gasteiger partial charge in [-0.15, -0.1) is 0 Å². The second kappa shape index (κ2) is 8.87. The van der Waals surface area contributed by atoms with Crippen molar-refractivity contribution in [1.82, 2.24) is 0 Å². The summed E-state index contributed by atoms with van der Waals surface area (Å²) in [6.07, 6.45) is 4.35. The zero-order valence-corrected chi connectivity index (χ0v) is 17.3. The first-order valence-electron chi connectivity index (χ1n) is 10.2. The van der Waals surface area contributed by atoms with Gasteiger partial charge in [0.15, 0.2) is 0 Å². The molecule has 1 aliphatic heterocycles. The largest absolute Gasteiger partial charge is 0.497 e. The Morgan fingerprint density at radius 1 is 1.00 bits per heavy atom. The lowest BCUT2D eigenvalue weighted by Gasteiger charge is -2.39. The summed E-state index contributed by atoms with van der Waals surface area (Å²) in [7, 11) is 1.64. The predicted octanol–water partition coefficient (Wildman–Crippen LogP) is 5.69. The van der Waals surface area contributed by atoms with E-state index in [4.69, 9.17) is 4.74 Å². The maximum atomic E-state index is 13.1. The minimum Gasteiger partial charge on any atom is -0.497 e. The zero-order chi connectivity index (χ0) is 20.9. The summed E-state index contributed by atoms with van der Waals surface area (Å²) in [4.78, 5) is 15.0. The van der Waals surface area contributed by atoms with Crippen LogP contribution in [0.15, 0.2) is 84.9 Å². The average Bonchev–Trinajstić information content (AvgIpc) is 2.78. The van der Waals surface area contributed by atoms with Crippen molar-refractivity contribution >= 4 is 23.4 Å². The first kappa shape index (κ1) is 19.8. The summed E-state index contributed by atoms with van der Waals surface area (Å²) < 4.78 is 5.19. The minimum absolute atomic E-state index is 0.0103. The van der Waals surface area contributed by atoms with Gasteiger partial charge in [0.1, 0.15) is 5.75 Å². The van der Waals surface area contributed by atoms with Crippen LogP contribution in [0, 0.1) is 0 Å². The Bertz CT molecular complexity index is 1030. The van der Waals surface area contributed by atoms with Crippen molar-refractivity contribution in [3.05, 3.63) is 96.1 Å². The Hall–Kier alpha value is -3.53. The van der Waals surface area contributed by atoms with Crippen LogP contribution in [0.2, 0.25) is 0 Å². The molecule has 4 nitrogen and oxygen atoms in total. The molecule has 0 fully saturated rings. The predicted molar refractivity (Wildman–Crippen MR) is 123 cm³/mol. The molecule has 0 radical (unpaired) electrons. The highest BCUT2D eigenvalue weighted by Crippen LogP contribution is 2.39. The summed E-state index contributed by atoms with van der Waals surface area (Å²) in [5.41, 5.74) is 4.16.